The minimum atomic E-state index is -0.659. The van der Waals surface area contributed by atoms with Gasteiger partial charge in [0.1, 0.15) is 10.6 Å². The van der Waals surface area contributed by atoms with E-state index in [4.69, 9.17) is 9.47 Å². The van der Waals surface area contributed by atoms with Crippen LogP contribution in [0.2, 0.25) is 0 Å². The number of nitrogens with one attached hydrogen (secondary N) is 2. The van der Waals surface area contributed by atoms with Crippen molar-refractivity contribution in [3.05, 3.63) is 27.9 Å². The van der Waals surface area contributed by atoms with E-state index >= 15 is 0 Å². The first-order valence-electron chi connectivity index (χ1n) is 12.8. The molecule has 1 aromatic heterocycles. The van der Waals surface area contributed by atoms with Crippen LogP contribution >= 0.6 is 11.3 Å². The predicted molar refractivity (Wildman–Crippen MR) is 149 cm³/mol. The Morgan fingerprint density at radius 2 is 1.90 bits per heavy atom. The fraction of sp³-hybridized carbons (Fsp3) is 0.615. The van der Waals surface area contributed by atoms with Gasteiger partial charge in [-0.2, -0.15) is 0 Å². The van der Waals surface area contributed by atoms with Crippen LogP contribution in [0.25, 0.3) is 0 Å². The highest BCUT2D eigenvalue weighted by atomic mass is 32.1. The number of rotatable bonds is 10. The average Bonchev–Trinajstić information content (AvgIpc) is 3.56. The maximum Gasteiger partial charge on any atom is 0.414 e. The molecule has 1 saturated heterocycles. The lowest BCUT2D eigenvalue weighted by Crippen LogP contribution is -2.38. The average molecular weight is 570 g/mol. The molecule has 0 spiro atoms. The van der Waals surface area contributed by atoms with Crippen LogP contribution < -0.4 is 16.4 Å². The van der Waals surface area contributed by atoms with Gasteiger partial charge in [-0.05, 0) is 60.9 Å². The summed E-state index contributed by atoms with van der Waals surface area (Å²) < 4.78 is 10.1. The SMILES string of the molecule is C/C=C1\CCCN1C(=O)OC(C)(C)C.CCOC(=O)c1csc(CNC(=O)CC(=O)C(CC)NC=O)n1.CN. The third-order valence-corrected chi connectivity index (χ3v) is 5.83. The summed E-state index contributed by atoms with van der Waals surface area (Å²) >= 11 is 1.21. The smallest absolute Gasteiger partial charge is 0.414 e. The largest absolute Gasteiger partial charge is 0.461 e. The normalized spacial score (nSPS) is 14.2. The third kappa shape index (κ3) is 13.9. The number of ether oxygens (including phenoxy) is 2. The number of nitrogens with zero attached hydrogens (tertiary/aromatic N) is 2. The minimum Gasteiger partial charge on any atom is -0.461 e. The van der Waals surface area contributed by atoms with Gasteiger partial charge in [0.05, 0.1) is 25.6 Å². The lowest BCUT2D eigenvalue weighted by molar-refractivity contribution is -0.130. The Morgan fingerprint density at radius 3 is 2.44 bits per heavy atom. The molecule has 0 bridgehead atoms. The maximum atomic E-state index is 11.8. The minimum absolute atomic E-state index is 0.119. The van der Waals surface area contributed by atoms with Gasteiger partial charge in [0.15, 0.2) is 11.5 Å². The molecule has 1 unspecified atom stereocenters. The van der Waals surface area contributed by atoms with Crippen molar-refractivity contribution in [1.29, 1.82) is 0 Å². The zero-order valence-corrected chi connectivity index (χ0v) is 24.8. The number of Topliss-reactive ketones (excluding diaryl/α,β-unsaturated/α-hetero) is 1. The van der Waals surface area contributed by atoms with E-state index in [-0.39, 0.29) is 37.1 Å². The predicted octanol–water partition coefficient (Wildman–Crippen LogP) is 2.92. The fourth-order valence-corrected chi connectivity index (χ4v) is 3.96. The number of carbonyl (C=O) groups is 5. The Bertz CT molecular complexity index is 972. The molecule has 2 rings (SSSR count). The van der Waals surface area contributed by atoms with Crippen LogP contribution in [0.4, 0.5) is 4.79 Å². The van der Waals surface area contributed by atoms with Crippen LogP contribution in [-0.2, 0) is 30.4 Å². The molecule has 1 aliphatic rings. The molecular formula is C26H43N5O7S. The molecule has 2 heterocycles. The van der Waals surface area contributed by atoms with E-state index in [0.29, 0.717) is 17.8 Å². The van der Waals surface area contributed by atoms with E-state index in [9.17, 15) is 24.0 Å². The van der Waals surface area contributed by atoms with Crippen molar-refractivity contribution in [2.24, 2.45) is 5.73 Å². The number of allylic oxidation sites excluding steroid dienone is 2. The van der Waals surface area contributed by atoms with Gasteiger partial charge >= 0.3 is 12.1 Å². The van der Waals surface area contributed by atoms with E-state index < -0.39 is 23.5 Å². The van der Waals surface area contributed by atoms with E-state index in [1.54, 1.807) is 24.1 Å². The molecular weight excluding hydrogens is 526 g/mol. The number of carbonyl (C=O) groups excluding carboxylic acids is 5. The summed E-state index contributed by atoms with van der Waals surface area (Å²) in [5.41, 5.74) is 5.37. The summed E-state index contributed by atoms with van der Waals surface area (Å²) in [5.74, 6) is -1.33. The van der Waals surface area contributed by atoms with Crippen LogP contribution in [0, 0.1) is 0 Å². The monoisotopic (exact) mass is 569 g/mol. The van der Waals surface area contributed by atoms with Crippen LogP contribution in [0.3, 0.4) is 0 Å². The van der Waals surface area contributed by atoms with Crippen molar-refractivity contribution in [3.8, 4) is 0 Å². The first-order valence-corrected chi connectivity index (χ1v) is 13.7. The van der Waals surface area contributed by atoms with Gasteiger partial charge in [-0.25, -0.2) is 14.6 Å². The summed E-state index contributed by atoms with van der Waals surface area (Å²) in [7, 11) is 1.50. The maximum absolute atomic E-state index is 11.8. The topological polar surface area (TPSA) is 170 Å². The summed E-state index contributed by atoms with van der Waals surface area (Å²) in [6.07, 6.45) is 4.32. The molecule has 0 radical (unpaired) electrons. The third-order valence-electron chi connectivity index (χ3n) is 4.98. The second kappa shape index (κ2) is 18.9. The highest BCUT2D eigenvalue weighted by molar-refractivity contribution is 7.09. The van der Waals surface area contributed by atoms with Crippen LogP contribution in [-0.4, -0.2) is 71.9 Å². The Balaban J connectivity index is 0.000000769. The number of ketones is 1. The number of aromatic nitrogens is 1. The highest BCUT2D eigenvalue weighted by Crippen LogP contribution is 2.23. The standard InChI is InChI=1S/C14H19N3O5S.C11H19NO2.CH5N/c1-3-9(16-8-18)11(19)5-12(20)15-6-13-17-10(7-23-13)14(21)22-4-2;1-5-9-7-6-8-12(9)10(13)14-11(2,3)4;1-2/h7-9H,3-6H2,1-2H3,(H,15,20)(H,16,18);5H,6-8H2,1-4H3;2H2,1H3/b;9-5+;. The van der Waals surface area contributed by atoms with Gasteiger partial charge in [0.2, 0.25) is 12.3 Å². The van der Waals surface area contributed by atoms with Gasteiger partial charge in [0, 0.05) is 17.6 Å². The zero-order valence-electron chi connectivity index (χ0n) is 24.0. The Hall–Kier alpha value is -3.32. The molecule has 0 saturated carbocycles. The summed E-state index contributed by atoms with van der Waals surface area (Å²) in [4.78, 5) is 62.8. The first-order chi connectivity index (χ1) is 18.4. The van der Waals surface area contributed by atoms with Crippen molar-refractivity contribution >= 4 is 41.5 Å². The lowest BCUT2D eigenvalue weighted by atomic mass is 10.1. The number of nitrogens with two attached hydrogens (primary N) is 1. The number of hydrogen-bond donors (Lipinski definition) is 3. The van der Waals surface area contributed by atoms with Crippen LogP contribution in [0.15, 0.2) is 17.2 Å². The van der Waals surface area contributed by atoms with E-state index in [1.807, 2.05) is 33.8 Å². The van der Waals surface area contributed by atoms with Crippen molar-refractivity contribution in [3.63, 3.8) is 0 Å². The number of esters is 1. The van der Waals surface area contributed by atoms with Gasteiger partial charge in [-0.3, -0.25) is 19.3 Å². The van der Waals surface area contributed by atoms with E-state index in [0.717, 1.165) is 25.1 Å². The fourth-order valence-electron chi connectivity index (χ4n) is 3.25. The molecule has 1 atom stereocenters. The van der Waals surface area contributed by atoms with Crippen molar-refractivity contribution in [2.45, 2.75) is 85.4 Å². The molecule has 12 nitrogen and oxygen atoms in total. The molecule has 1 fully saturated rings. The molecule has 39 heavy (non-hydrogen) atoms. The van der Waals surface area contributed by atoms with Gasteiger partial charge in [0.25, 0.3) is 0 Å². The number of likely N-dealkylation sites (tertiary alicyclic amines) is 1. The quantitative estimate of drug-likeness (QED) is 0.218. The van der Waals surface area contributed by atoms with Crippen molar-refractivity contribution < 1.29 is 33.4 Å². The molecule has 3 amide bonds. The number of thiazole rings is 1. The first kappa shape index (κ1) is 35.7. The van der Waals surface area contributed by atoms with E-state index in [2.05, 4.69) is 21.4 Å². The molecule has 1 aliphatic heterocycles. The van der Waals surface area contributed by atoms with Gasteiger partial charge in [-0.15, -0.1) is 11.3 Å². The number of hydrogen-bond acceptors (Lipinski definition) is 10. The highest BCUT2D eigenvalue weighted by Gasteiger charge is 2.27. The summed E-state index contributed by atoms with van der Waals surface area (Å²) in [6, 6.07) is -0.659. The van der Waals surface area contributed by atoms with Gasteiger partial charge < -0.3 is 25.8 Å². The molecule has 13 heteroatoms. The Kier molecular flexibility index (Phi) is 17.2. The van der Waals surface area contributed by atoms with Gasteiger partial charge in [-0.1, -0.05) is 13.0 Å². The van der Waals surface area contributed by atoms with E-state index in [1.165, 1.54) is 18.4 Å². The Morgan fingerprint density at radius 1 is 1.23 bits per heavy atom. The summed E-state index contributed by atoms with van der Waals surface area (Å²) in [5, 5.41) is 7.00. The zero-order chi connectivity index (χ0) is 30.0. The second-order valence-electron chi connectivity index (χ2n) is 9.03. The molecule has 0 aromatic carbocycles. The van der Waals surface area contributed by atoms with Crippen molar-refractivity contribution in [2.75, 3.05) is 20.2 Å². The van der Waals surface area contributed by atoms with Crippen LogP contribution in [0.5, 0.6) is 0 Å². The van der Waals surface area contributed by atoms with Crippen molar-refractivity contribution in [1.82, 2.24) is 20.5 Å². The molecule has 1 aromatic rings. The van der Waals surface area contributed by atoms with Crippen LogP contribution in [0.1, 0.15) is 82.7 Å². The molecule has 220 valence electrons. The Labute approximate surface area is 234 Å². The molecule has 4 N–H and O–H groups in total. The summed E-state index contributed by atoms with van der Waals surface area (Å²) in [6.45, 7) is 12.2. The lowest BCUT2D eigenvalue weighted by Gasteiger charge is -2.25. The second-order valence-corrected chi connectivity index (χ2v) is 9.97. The number of amides is 3. The molecule has 0 aliphatic carbocycles.